The monoisotopic (exact) mass is 202 g/mol. The third-order valence-corrected chi connectivity index (χ3v) is 3.55. The van der Waals surface area contributed by atoms with E-state index in [0.717, 1.165) is 6.42 Å². The smallest absolute Gasteiger partial charge is 0.159 e. The highest BCUT2D eigenvalue weighted by Crippen LogP contribution is 2.33. The number of aliphatic hydroxyl groups excluding tert-OH is 2. The Morgan fingerprint density at radius 1 is 1.21 bits per heavy atom. The quantitative estimate of drug-likeness (QED) is 0.711. The van der Waals surface area contributed by atoms with E-state index in [4.69, 9.17) is 4.74 Å². The van der Waals surface area contributed by atoms with Crippen molar-refractivity contribution in [1.29, 1.82) is 0 Å². The first-order chi connectivity index (χ1) is 6.49. The van der Waals surface area contributed by atoms with E-state index in [1.807, 2.05) is 13.8 Å². The highest BCUT2D eigenvalue weighted by atomic mass is 16.6. The zero-order chi connectivity index (χ0) is 10.9. The number of ether oxygens (including phenoxy) is 1. The first-order valence-corrected chi connectivity index (χ1v) is 5.50. The summed E-state index contributed by atoms with van der Waals surface area (Å²) in [4.78, 5) is 0. The van der Waals surface area contributed by atoms with Gasteiger partial charge in [0.2, 0.25) is 0 Å². The molecule has 1 aliphatic heterocycles. The van der Waals surface area contributed by atoms with Gasteiger partial charge in [0.15, 0.2) is 6.29 Å². The van der Waals surface area contributed by atoms with Gasteiger partial charge >= 0.3 is 0 Å². The zero-order valence-corrected chi connectivity index (χ0v) is 9.47. The minimum absolute atomic E-state index is 0.0267. The molecule has 0 aromatic rings. The van der Waals surface area contributed by atoms with Crippen molar-refractivity contribution in [1.82, 2.24) is 0 Å². The van der Waals surface area contributed by atoms with Crippen molar-refractivity contribution in [2.75, 3.05) is 0 Å². The standard InChI is InChI=1S/C11H22O3/c1-5-6(2)10-7(3)9(12)8(4)11(13)14-10/h6-13H,5H2,1-4H3/t6-,7+,8-,9+,10+,11-/m0/s1. The molecular weight excluding hydrogens is 180 g/mol. The van der Waals surface area contributed by atoms with Crippen LogP contribution in [-0.4, -0.2) is 28.7 Å². The molecule has 0 radical (unpaired) electrons. The van der Waals surface area contributed by atoms with Crippen LogP contribution in [0.3, 0.4) is 0 Å². The van der Waals surface area contributed by atoms with Crippen LogP contribution in [-0.2, 0) is 4.74 Å². The van der Waals surface area contributed by atoms with E-state index in [-0.39, 0.29) is 17.9 Å². The maximum atomic E-state index is 9.89. The van der Waals surface area contributed by atoms with Crippen molar-refractivity contribution in [3.8, 4) is 0 Å². The molecule has 0 aromatic carbocycles. The Hall–Kier alpha value is -0.120. The minimum atomic E-state index is -0.819. The molecule has 0 saturated carbocycles. The highest BCUT2D eigenvalue weighted by Gasteiger charge is 2.41. The zero-order valence-electron chi connectivity index (χ0n) is 9.47. The molecule has 0 aromatic heterocycles. The maximum absolute atomic E-state index is 9.89. The van der Waals surface area contributed by atoms with Gasteiger partial charge in [0.1, 0.15) is 0 Å². The maximum Gasteiger partial charge on any atom is 0.159 e. The van der Waals surface area contributed by atoms with E-state index in [0.29, 0.717) is 5.92 Å². The van der Waals surface area contributed by atoms with Gasteiger partial charge in [0.25, 0.3) is 0 Å². The molecule has 0 aliphatic carbocycles. The van der Waals surface area contributed by atoms with Gasteiger partial charge < -0.3 is 14.9 Å². The van der Waals surface area contributed by atoms with Crippen LogP contribution in [0.4, 0.5) is 0 Å². The van der Waals surface area contributed by atoms with Gasteiger partial charge in [0, 0.05) is 11.8 Å². The first-order valence-electron chi connectivity index (χ1n) is 5.50. The average Bonchev–Trinajstić information content (AvgIpc) is 2.19. The normalized spacial score (nSPS) is 46.3. The van der Waals surface area contributed by atoms with Gasteiger partial charge in [-0.05, 0) is 5.92 Å². The third kappa shape index (κ3) is 2.10. The van der Waals surface area contributed by atoms with Crippen LogP contribution >= 0.6 is 0 Å². The van der Waals surface area contributed by atoms with Gasteiger partial charge in [-0.1, -0.05) is 34.1 Å². The molecule has 0 amide bonds. The lowest BCUT2D eigenvalue weighted by atomic mass is 9.80. The predicted octanol–water partition coefficient (Wildman–Crippen LogP) is 1.38. The second-order valence-corrected chi connectivity index (χ2v) is 4.59. The summed E-state index contributed by atoms with van der Waals surface area (Å²) in [7, 11) is 0. The Kier molecular flexibility index (Phi) is 3.93. The van der Waals surface area contributed by atoms with E-state index in [2.05, 4.69) is 13.8 Å². The third-order valence-electron chi connectivity index (χ3n) is 3.55. The van der Waals surface area contributed by atoms with Gasteiger partial charge in [0.05, 0.1) is 12.2 Å². The number of hydrogen-bond acceptors (Lipinski definition) is 3. The molecule has 1 saturated heterocycles. The molecule has 6 atom stereocenters. The van der Waals surface area contributed by atoms with Crippen molar-refractivity contribution in [3.63, 3.8) is 0 Å². The molecule has 0 unspecified atom stereocenters. The summed E-state index contributed by atoms with van der Waals surface area (Å²) in [5, 5.41) is 19.5. The first kappa shape index (κ1) is 12.0. The summed E-state index contributed by atoms with van der Waals surface area (Å²) >= 11 is 0. The van der Waals surface area contributed by atoms with Crippen molar-refractivity contribution in [2.24, 2.45) is 17.8 Å². The average molecular weight is 202 g/mol. The second-order valence-electron chi connectivity index (χ2n) is 4.59. The van der Waals surface area contributed by atoms with Crippen molar-refractivity contribution in [3.05, 3.63) is 0 Å². The Bertz CT molecular complexity index is 183. The fraction of sp³-hybridized carbons (Fsp3) is 1.00. The Morgan fingerprint density at radius 3 is 2.29 bits per heavy atom. The lowest BCUT2D eigenvalue weighted by molar-refractivity contribution is -0.252. The summed E-state index contributed by atoms with van der Waals surface area (Å²) in [6, 6.07) is 0. The van der Waals surface area contributed by atoms with Gasteiger partial charge in [-0.25, -0.2) is 0 Å². The van der Waals surface area contributed by atoms with Crippen molar-refractivity contribution >= 4 is 0 Å². The summed E-state index contributed by atoms with van der Waals surface area (Å²) in [5.41, 5.74) is 0. The summed E-state index contributed by atoms with van der Waals surface area (Å²) < 4.78 is 5.53. The molecule has 2 N–H and O–H groups in total. The lowest BCUT2D eigenvalue weighted by Gasteiger charge is -2.42. The van der Waals surface area contributed by atoms with E-state index in [1.165, 1.54) is 0 Å². The van der Waals surface area contributed by atoms with Crippen molar-refractivity contribution in [2.45, 2.75) is 52.6 Å². The molecule has 1 heterocycles. The van der Waals surface area contributed by atoms with Gasteiger partial charge in [-0.3, -0.25) is 0 Å². The van der Waals surface area contributed by atoms with Crippen LogP contribution in [0, 0.1) is 17.8 Å². The molecule has 0 bridgehead atoms. The largest absolute Gasteiger partial charge is 0.392 e. The SMILES string of the molecule is CC[C@H](C)[C@H]1O[C@H](O)[C@@H](C)[C@H](O)[C@H]1C. The summed E-state index contributed by atoms with van der Waals surface area (Å²) in [6.07, 6.45) is -0.304. The second kappa shape index (κ2) is 4.60. The van der Waals surface area contributed by atoms with Crippen LogP contribution in [0.25, 0.3) is 0 Å². The van der Waals surface area contributed by atoms with Crippen LogP contribution < -0.4 is 0 Å². The molecule has 0 spiro atoms. The number of hydrogen-bond donors (Lipinski definition) is 2. The van der Waals surface area contributed by atoms with Crippen LogP contribution in [0.1, 0.15) is 34.1 Å². The lowest BCUT2D eigenvalue weighted by Crippen LogP contribution is -2.50. The van der Waals surface area contributed by atoms with E-state index in [9.17, 15) is 10.2 Å². The molecule has 3 nitrogen and oxygen atoms in total. The van der Waals surface area contributed by atoms with Crippen LogP contribution in [0.2, 0.25) is 0 Å². The summed E-state index contributed by atoms with van der Waals surface area (Å²) in [6.45, 7) is 8.00. The Morgan fingerprint density at radius 2 is 1.79 bits per heavy atom. The molecule has 1 rings (SSSR count). The van der Waals surface area contributed by atoms with E-state index >= 15 is 0 Å². The molecule has 1 aliphatic rings. The molecule has 3 heteroatoms. The Labute approximate surface area is 86.1 Å². The molecule has 1 fully saturated rings. The molecule has 84 valence electrons. The fourth-order valence-corrected chi connectivity index (χ4v) is 2.14. The van der Waals surface area contributed by atoms with E-state index in [1.54, 1.807) is 0 Å². The predicted molar refractivity (Wildman–Crippen MR) is 54.7 cm³/mol. The van der Waals surface area contributed by atoms with Crippen molar-refractivity contribution < 1.29 is 14.9 Å². The van der Waals surface area contributed by atoms with Gasteiger partial charge in [-0.15, -0.1) is 0 Å². The Balaban J connectivity index is 2.70. The van der Waals surface area contributed by atoms with Crippen LogP contribution in [0.5, 0.6) is 0 Å². The van der Waals surface area contributed by atoms with Crippen LogP contribution in [0.15, 0.2) is 0 Å². The molecule has 14 heavy (non-hydrogen) atoms. The fourth-order valence-electron chi connectivity index (χ4n) is 2.14. The van der Waals surface area contributed by atoms with Gasteiger partial charge in [-0.2, -0.15) is 0 Å². The number of aliphatic hydroxyl groups is 2. The highest BCUT2D eigenvalue weighted by molar-refractivity contribution is 4.86. The molecular formula is C11H22O3. The van der Waals surface area contributed by atoms with E-state index < -0.39 is 12.4 Å². The topological polar surface area (TPSA) is 49.7 Å². The minimum Gasteiger partial charge on any atom is -0.392 e. The summed E-state index contributed by atoms with van der Waals surface area (Å²) in [5.74, 6) is 0.287. The number of rotatable bonds is 2.